The summed E-state index contributed by atoms with van der Waals surface area (Å²) in [7, 11) is 1.21. The lowest BCUT2D eigenvalue weighted by Crippen LogP contribution is -2.34. The molecule has 1 N–H and O–H groups in total. The van der Waals surface area contributed by atoms with Crippen LogP contribution in [0.5, 0.6) is 5.75 Å². The molecule has 3 aromatic heterocycles. The van der Waals surface area contributed by atoms with Crippen molar-refractivity contribution < 1.29 is 19.4 Å². The molecule has 1 aliphatic rings. The van der Waals surface area contributed by atoms with Gasteiger partial charge >= 0.3 is 5.97 Å². The average Bonchev–Trinajstić information content (AvgIpc) is 2.89. The Morgan fingerprint density at radius 2 is 2.00 bits per heavy atom. The van der Waals surface area contributed by atoms with Gasteiger partial charge in [-0.15, -0.1) is 0 Å². The average molecular weight is 396 g/mol. The van der Waals surface area contributed by atoms with Gasteiger partial charge in [-0.2, -0.15) is 0 Å². The Morgan fingerprint density at radius 3 is 2.72 bits per heavy atom. The van der Waals surface area contributed by atoms with E-state index in [2.05, 4.69) is 4.98 Å². The molecule has 0 aromatic carbocycles. The zero-order chi connectivity index (χ0) is 20.7. The van der Waals surface area contributed by atoms with Crippen LogP contribution in [0.3, 0.4) is 0 Å². The summed E-state index contributed by atoms with van der Waals surface area (Å²) in [5.41, 5.74) is 1.67. The molecule has 0 saturated heterocycles. The van der Waals surface area contributed by atoms with Crippen molar-refractivity contribution in [3.63, 3.8) is 0 Å². The number of hydrogen-bond donors (Lipinski definition) is 1. The maximum atomic E-state index is 13.1. The molecule has 1 amide bonds. The number of aromatic nitrogens is 3. The van der Waals surface area contributed by atoms with E-state index in [1.165, 1.54) is 11.7 Å². The number of aryl methyl sites for hydroxylation is 1. The maximum absolute atomic E-state index is 13.1. The topological polar surface area (TPSA) is 106 Å². The first-order chi connectivity index (χ1) is 13.9. The Balaban J connectivity index is 1.68. The second kappa shape index (κ2) is 7.08. The number of carbonyl (C=O) groups is 2. The molecule has 4 heterocycles. The van der Waals surface area contributed by atoms with Gasteiger partial charge in [-0.05, 0) is 19.1 Å². The van der Waals surface area contributed by atoms with E-state index in [4.69, 9.17) is 4.74 Å². The zero-order valence-corrected chi connectivity index (χ0v) is 16.1. The van der Waals surface area contributed by atoms with Crippen LogP contribution in [0.2, 0.25) is 0 Å². The fourth-order valence-electron chi connectivity index (χ4n) is 3.76. The number of amides is 1. The number of rotatable bonds is 2. The molecule has 0 radical (unpaired) electrons. The summed E-state index contributed by atoms with van der Waals surface area (Å²) in [6.45, 7) is 2.60. The first-order valence-electron chi connectivity index (χ1n) is 9.19. The monoisotopic (exact) mass is 396 g/mol. The van der Waals surface area contributed by atoms with E-state index in [0.717, 1.165) is 11.8 Å². The first-order valence-corrected chi connectivity index (χ1v) is 9.19. The van der Waals surface area contributed by atoms with Crippen molar-refractivity contribution in [3.8, 4) is 5.75 Å². The highest BCUT2D eigenvalue weighted by Crippen LogP contribution is 2.23. The third-order valence-corrected chi connectivity index (χ3v) is 5.26. The van der Waals surface area contributed by atoms with E-state index >= 15 is 0 Å². The van der Waals surface area contributed by atoms with Crippen LogP contribution in [0.25, 0.3) is 5.65 Å². The fraction of sp³-hybridized carbons (Fsp3) is 0.300. The quantitative estimate of drug-likeness (QED) is 0.648. The van der Waals surface area contributed by atoms with Crippen molar-refractivity contribution in [3.05, 3.63) is 63.5 Å². The predicted octanol–water partition coefficient (Wildman–Crippen LogP) is 0.995. The molecule has 0 bridgehead atoms. The summed E-state index contributed by atoms with van der Waals surface area (Å²) < 4.78 is 8.01. The van der Waals surface area contributed by atoms with Crippen molar-refractivity contribution >= 4 is 17.5 Å². The number of imidazole rings is 1. The summed E-state index contributed by atoms with van der Waals surface area (Å²) in [5, 5.41) is 10.1. The molecule has 1 aliphatic heterocycles. The molecule has 0 saturated carbocycles. The van der Waals surface area contributed by atoms with E-state index in [0.29, 0.717) is 17.0 Å². The van der Waals surface area contributed by atoms with Crippen LogP contribution < -0.4 is 5.56 Å². The van der Waals surface area contributed by atoms with Crippen LogP contribution in [0, 0.1) is 6.92 Å². The van der Waals surface area contributed by atoms with Crippen molar-refractivity contribution in [1.82, 2.24) is 18.9 Å². The van der Waals surface area contributed by atoms with Crippen LogP contribution in [-0.2, 0) is 17.7 Å². The number of pyridine rings is 2. The largest absolute Gasteiger partial charge is 0.507 e. The minimum absolute atomic E-state index is 0.0368. The minimum Gasteiger partial charge on any atom is -0.507 e. The van der Waals surface area contributed by atoms with Gasteiger partial charge in [-0.1, -0.05) is 6.07 Å². The minimum atomic E-state index is -0.720. The number of hydrogen-bond acceptors (Lipinski definition) is 6. The number of methoxy groups -OCH3 is 1. The number of nitrogens with zero attached hydrogens (tertiary/aromatic N) is 4. The van der Waals surface area contributed by atoms with Gasteiger partial charge in [0.1, 0.15) is 22.7 Å². The van der Waals surface area contributed by atoms with Crippen LogP contribution in [-0.4, -0.2) is 56.0 Å². The van der Waals surface area contributed by atoms with Crippen molar-refractivity contribution in [2.45, 2.75) is 19.9 Å². The maximum Gasteiger partial charge on any atom is 0.343 e. The summed E-state index contributed by atoms with van der Waals surface area (Å²) in [4.78, 5) is 43.7. The fourth-order valence-corrected chi connectivity index (χ4v) is 3.76. The molecule has 9 nitrogen and oxygen atoms in total. The summed E-state index contributed by atoms with van der Waals surface area (Å²) in [5.74, 6) is -1.37. The number of fused-ring (bicyclic) bond motifs is 2. The standard InChI is InChI=1S/C20H20N4O5/c1-12-18(21-15-5-3-4-7-23(12)15)19(27)22-8-6-13-17(20(28)29-2)14(25)11-16(26)24(13)10-9-22/h3-5,7,11,25H,6,8-10H2,1-2H3. The Labute approximate surface area is 165 Å². The molecule has 0 spiro atoms. The molecule has 0 fully saturated rings. The highest BCUT2D eigenvalue weighted by atomic mass is 16.5. The number of carbonyl (C=O) groups excluding carboxylic acids is 2. The van der Waals surface area contributed by atoms with Gasteiger partial charge in [0, 0.05) is 44.0 Å². The molecule has 9 heteroatoms. The second-order valence-corrected chi connectivity index (χ2v) is 6.85. The van der Waals surface area contributed by atoms with Crippen molar-refractivity contribution in [1.29, 1.82) is 0 Å². The summed E-state index contributed by atoms with van der Waals surface area (Å²) in [6.07, 6.45) is 2.07. The van der Waals surface area contributed by atoms with E-state index in [1.54, 1.807) is 4.90 Å². The molecule has 0 aliphatic carbocycles. The highest BCUT2D eigenvalue weighted by molar-refractivity contribution is 5.95. The Morgan fingerprint density at radius 1 is 1.21 bits per heavy atom. The third kappa shape index (κ3) is 3.04. The molecule has 0 unspecified atom stereocenters. The molecular formula is C20H20N4O5. The van der Waals surface area contributed by atoms with E-state index in [1.807, 2.05) is 35.7 Å². The van der Waals surface area contributed by atoms with Gasteiger partial charge < -0.3 is 23.7 Å². The lowest BCUT2D eigenvalue weighted by molar-refractivity contribution is 0.0594. The van der Waals surface area contributed by atoms with Gasteiger partial charge in [0.25, 0.3) is 11.5 Å². The van der Waals surface area contributed by atoms with Gasteiger partial charge in [-0.25, -0.2) is 9.78 Å². The normalized spacial score (nSPS) is 13.8. The highest BCUT2D eigenvalue weighted by Gasteiger charge is 2.28. The predicted molar refractivity (Wildman–Crippen MR) is 103 cm³/mol. The van der Waals surface area contributed by atoms with Crippen LogP contribution >= 0.6 is 0 Å². The van der Waals surface area contributed by atoms with Gasteiger partial charge in [-0.3, -0.25) is 9.59 Å². The van der Waals surface area contributed by atoms with Crippen LogP contribution in [0.1, 0.15) is 32.2 Å². The lowest BCUT2D eigenvalue weighted by atomic mass is 10.1. The van der Waals surface area contributed by atoms with E-state index in [-0.39, 0.29) is 37.5 Å². The number of esters is 1. The SMILES string of the molecule is COC(=O)c1c(O)cc(=O)n2c1CCN(C(=O)c1nc3ccccn3c1C)CC2. The second-order valence-electron chi connectivity index (χ2n) is 6.85. The molecule has 150 valence electrons. The molecule has 0 atom stereocenters. The molecule has 29 heavy (non-hydrogen) atoms. The molecule has 3 aromatic rings. The number of aromatic hydroxyl groups is 1. The summed E-state index contributed by atoms with van der Waals surface area (Å²) in [6, 6.07) is 6.55. The third-order valence-electron chi connectivity index (χ3n) is 5.26. The number of ether oxygens (including phenoxy) is 1. The molecular weight excluding hydrogens is 376 g/mol. The molecule has 4 rings (SSSR count). The zero-order valence-electron chi connectivity index (χ0n) is 16.1. The Hall–Kier alpha value is -3.62. The van der Waals surface area contributed by atoms with Gasteiger partial charge in [0.2, 0.25) is 0 Å². The smallest absolute Gasteiger partial charge is 0.343 e. The summed E-state index contributed by atoms with van der Waals surface area (Å²) >= 11 is 0. The van der Waals surface area contributed by atoms with Crippen molar-refractivity contribution in [2.24, 2.45) is 0 Å². The van der Waals surface area contributed by atoms with Gasteiger partial charge in [0.15, 0.2) is 0 Å². The Bertz CT molecular complexity index is 1190. The Kier molecular flexibility index (Phi) is 4.57. The van der Waals surface area contributed by atoms with Crippen molar-refractivity contribution in [2.75, 3.05) is 20.2 Å². The van der Waals surface area contributed by atoms with Crippen LogP contribution in [0.15, 0.2) is 35.3 Å². The van der Waals surface area contributed by atoms with E-state index < -0.39 is 17.3 Å². The lowest BCUT2D eigenvalue weighted by Gasteiger charge is -2.19. The van der Waals surface area contributed by atoms with E-state index in [9.17, 15) is 19.5 Å². The van der Waals surface area contributed by atoms with Crippen LogP contribution in [0.4, 0.5) is 0 Å². The van der Waals surface area contributed by atoms with Gasteiger partial charge in [0.05, 0.1) is 12.8 Å². The first kappa shape index (κ1) is 18.7.